The molecule has 2 aromatic rings. The molecule has 0 saturated heterocycles. The summed E-state index contributed by atoms with van der Waals surface area (Å²) in [5.74, 6) is 1.35. The fourth-order valence-electron chi connectivity index (χ4n) is 2.73. The molecule has 0 spiro atoms. The minimum atomic E-state index is 0.513. The van der Waals surface area contributed by atoms with Gasteiger partial charge in [-0.15, -0.1) is 0 Å². The second kappa shape index (κ2) is 5.53. The van der Waals surface area contributed by atoms with Gasteiger partial charge >= 0.3 is 0 Å². The van der Waals surface area contributed by atoms with Crippen LogP contribution in [0, 0.1) is 6.92 Å². The van der Waals surface area contributed by atoms with E-state index in [9.17, 15) is 0 Å². The first-order valence-corrected chi connectivity index (χ1v) is 7.08. The molecule has 3 heteroatoms. The Morgan fingerprint density at radius 2 is 1.90 bits per heavy atom. The van der Waals surface area contributed by atoms with Crippen LogP contribution in [-0.2, 0) is 0 Å². The number of hydrogen-bond acceptors (Lipinski definition) is 3. The Balaban J connectivity index is 1.59. The summed E-state index contributed by atoms with van der Waals surface area (Å²) in [4.78, 5) is 4.21. The van der Waals surface area contributed by atoms with Crippen molar-refractivity contribution in [1.82, 2.24) is 4.98 Å². The highest BCUT2D eigenvalue weighted by Crippen LogP contribution is 2.39. The predicted molar refractivity (Wildman–Crippen MR) is 81.4 cm³/mol. The summed E-state index contributed by atoms with van der Waals surface area (Å²) in [5.41, 5.74) is 3.76. The van der Waals surface area contributed by atoms with Gasteiger partial charge in [0, 0.05) is 12.2 Å². The molecular formula is C17H20N2O. The van der Waals surface area contributed by atoms with E-state index in [2.05, 4.69) is 41.5 Å². The van der Waals surface area contributed by atoms with Gasteiger partial charge in [0.25, 0.3) is 0 Å². The first-order chi connectivity index (χ1) is 9.76. The van der Waals surface area contributed by atoms with Crippen LogP contribution in [0.25, 0.3) is 0 Å². The molecule has 1 aromatic heterocycles. The number of nitrogens with zero attached hydrogens (tertiary/aromatic N) is 1. The lowest BCUT2D eigenvalue weighted by atomic mass is 9.75. The molecule has 20 heavy (non-hydrogen) atoms. The zero-order valence-corrected chi connectivity index (χ0v) is 12.0. The van der Waals surface area contributed by atoms with Crippen LogP contribution in [0.2, 0.25) is 0 Å². The number of anilines is 1. The van der Waals surface area contributed by atoms with Crippen LogP contribution in [0.1, 0.15) is 29.9 Å². The number of ether oxygens (including phenoxy) is 1. The fraction of sp³-hybridized carbons (Fsp3) is 0.353. The summed E-state index contributed by atoms with van der Waals surface area (Å²) < 4.78 is 5.27. The Labute approximate surface area is 120 Å². The Hall–Kier alpha value is -2.03. The maximum atomic E-state index is 5.27. The summed E-state index contributed by atoms with van der Waals surface area (Å²) in [6.45, 7) is 2.13. The van der Waals surface area contributed by atoms with Gasteiger partial charge in [0.1, 0.15) is 0 Å². The molecule has 3 nitrogen and oxygen atoms in total. The van der Waals surface area contributed by atoms with E-state index >= 15 is 0 Å². The Morgan fingerprint density at radius 1 is 1.15 bits per heavy atom. The molecule has 104 valence electrons. The number of benzene rings is 1. The minimum Gasteiger partial charge on any atom is -0.480 e. The summed E-state index contributed by atoms with van der Waals surface area (Å²) >= 11 is 0. The number of aromatic nitrogens is 1. The third-order valence-corrected chi connectivity index (χ3v) is 4.01. The quantitative estimate of drug-likeness (QED) is 0.916. The molecule has 1 aliphatic rings. The van der Waals surface area contributed by atoms with E-state index in [1.54, 1.807) is 13.3 Å². The Kier molecular flexibility index (Phi) is 3.59. The SMILES string of the molecule is COc1ncccc1NC1CC(c2ccc(C)cc2)C1. The molecule has 1 aromatic carbocycles. The predicted octanol–water partition coefficient (Wildman–Crippen LogP) is 3.76. The summed E-state index contributed by atoms with van der Waals surface area (Å²) in [5, 5.41) is 3.52. The zero-order valence-electron chi connectivity index (χ0n) is 12.0. The van der Waals surface area contributed by atoms with E-state index < -0.39 is 0 Å². The molecule has 1 heterocycles. The van der Waals surface area contributed by atoms with Gasteiger partial charge in [0.05, 0.1) is 12.8 Å². The van der Waals surface area contributed by atoms with E-state index in [0.717, 1.165) is 5.69 Å². The first-order valence-electron chi connectivity index (χ1n) is 7.08. The van der Waals surface area contributed by atoms with Crippen LogP contribution in [0.4, 0.5) is 5.69 Å². The van der Waals surface area contributed by atoms with Gasteiger partial charge < -0.3 is 10.1 Å². The van der Waals surface area contributed by atoms with Gasteiger partial charge in [0.2, 0.25) is 5.88 Å². The van der Waals surface area contributed by atoms with Crippen LogP contribution >= 0.6 is 0 Å². The summed E-state index contributed by atoms with van der Waals surface area (Å²) in [6.07, 6.45) is 4.09. The molecule has 0 unspecified atom stereocenters. The molecule has 1 aliphatic carbocycles. The highest BCUT2D eigenvalue weighted by Gasteiger charge is 2.30. The molecule has 3 rings (SSSR count). The summed E-state index contributed by atoms with van der Waals surface area (Å²) in [7, 11) is 1.66. The third kappa shape index (κ3) is 2.62. The number of hydrogen-bond donors (Lipinski definition) is 1. The third-order valence-electron chi connectivity index (χ3n) is 4.01. The van der Waals surface area contributed by atoms with E-state index in [4.69, 9.17) is 4.74 Å². The van der Waals surface area contributed by atoms with Gasteiger partial charge in [0.15, 0.2) is 0 Å². The number of rotatable bonds is 4. The minimum absolute atomic E-state index is 0.513. The van der Waals surface area contributed by atoms with Crippen molar-refractivity contribution in [3.63, 3.8) is 0 Å². The van der Waals surface area contributed by atoms with Crippen molar-refractivity contribution in [2.45, 2.75) is 31.7 Å². The second-order valence-corrected chi connectivity index (χ2v) is 5.48. The first kappa shape index (κ1) is 13.0. The monoisotopic (exact) mass is 268 g/mol. The van der Waals surface area contributed by atoms with Crippen molar-refractivity contribution in [1.29, 1.82) is 0 Å². The highest BCUT2D eigenvalue weighted by atomic mass is 16.5. The van der Waals surface area contributed by atoms with E-state index in [0.29, 0.717) is 17.8 Å². The number of methoxy groups -OCH3 is 1. The van der Waals surface area contributed by atoms with Crippen molar-refractivity contribution in [3.8, 4) is 5.88 Å². The van der Waals surface area contributed by atoms with Crippen molar-refractivity contribution >= 4 is 5.69 Å². The average molecular weight is 268 g/mol. The van der Waals surface area contributed by atoms with Gasteiger partial charge in [-0.3, -0.25) is 0 Å². The molecule has 1 N–H and O–H groups in total. The van der Waals surface area contributed by atoms with Crippen LogP contribution < -0.4 is 10.1 Å². The average Bonchev–Trinajstić information content (AvgIpc) is 2.44. The lowest BCUT2D eigenvalue weighted by molar-refractivity contribution is 0.367. The highest BCUT2D eigenvalue weighted by molar-refractivity contribution is 5.53. The van der Waals surface area contributed by atoms with Crippen LogP contribution in [0.15, 0.2) is 42.6 Å². The molecule has 1 saturated carbocycles. The van der Waals surface area contributed by atoms with Crippen molar-refractivity contribution in [2.24, 2.45) is 0 Å². The van der Waals surface area contributed by atoms with Gasteiger partial charge in [-0.1, -0.05) is 29.8 Å². The molecule has 1 fully saturated rings. The van der Waals surface area contributed by atoms with Crippen molar-refractivity contribution in [2.75, 3.05) is 12.4 Å². The summed E-state index contributed by atoms with van der Waals surface area (Å²) in [6, 6.07) is 13.4. The zero-order chi connectivity index (χ0) is 13.9. The van der Waals surface area contributed by atoms with Gasteiger partial charge in [-0.05, 0) is 43.4 Å². The number of nitrogens with one attached hydrogen (secondary N) is 1. The smallest absolute Gasteiger partial charge is 0.237 e. The second-order valence-electron chi connectivity index (χ2n) is 5.48. The molecule has 0 atom stereocenters. The van der Waals surface area contributed by atoms with Crippen LogP contribution in [0.5, 0.6) is 5.88 Å². The Morgan fingerprint density at radius 3 is 2.60 bits per heavy atom. The van der Waals surface area contributed by atoms with Crippen LogP contribution in [-0.4, -0.2) is 18.1 Å². The van der Waals surface area contributed by atoms with E-state index in [-0.39, 0.29) is 0 Å². The standard InChI is InChI=1S/C17H20N2O/c1-12-5-7-13(8-6-12)14-10-15(11-14)19-16-4-3-9-18-17(16)20-2/h3-9,14-15,19H,10-11H2,1-2H3. The van der Waals surface area contributed by atoms with Crippen molar-refractivity contribution < 1.29 is 4.74 Å². The lowest BCUT2D eigenvalue weighted by Gasteiger charge is -2.37. The number of pyridine rings is 1. The Bertz CT molecular complexity index is 574. The topological polar surface area (TPSA) is 34.1 Å². The molecule has 0 radical (unpaired) electrons. The normalized spacial score (nSPS) is 21.1. The molecule has 0 amide bonds. The van der Waals surface area contributed by atoms with E-state index in [1.807, 2.05) is 12.1 Å². The largest absolute Gasteiger partial charge is 0.480 e. The maximum Gasteiger partial charge on any atom is 0.237 e. The van der Waals surface area contributed by atoms with Gasteiger partial charge in [-0.25, -0.2) is 4.98 Å². The maximum absolute atomic E-state index is 5.27. The van der Waals surface area contributed by atoms with Crippen molar-refractivity contribution in [3.05, 3.63) is 53.7 Å². The van der Waals surface area contributed by atoms with E-state index in [1.165, 1.54) is 24.0 Å². The molecular weight excluding hydrogens is 248 g/mol. The number of aryl methyl sites for hydroxylation is 1. The van der Waals surface area contributed by atoms with Gasteiger partial charge in [-0.2, -0.15) is 0 Å². The lowest BCUT2D eigenvalue weighted by Crippen LogP contribution is -2.34. The molecule has 0 aliphatic heterocycles. The molecule has 0 bridgehead atoms. The fourth-order valence-corrected chi connectivity index (χ4v) is 2.73. The van der Waals surface area contributed by atoms with Crippen LogP contribution in [0.3, 0.4) is 0 Å².